The molecule has 4 nitrogen and oxygen atoms in total. The molecule has 0 atom stereocenters. The van der Waals surface area contributed by atoms with E-state index in [4.69, 9.17) is 0 Å². The van der Waals surface area contributed by atoms with Gasteiger partial charge in [0, 0.05) is 13.1 Å². The van der Waals surface area contributed by atoms with Gasteiger partial charge in [-0.3, -0.25) is 0 Å². The highest BCUT2D eigenvalue weighted by Gasteiger charge is 2.13. The zero-order valence-corrected chi connectivity index (χ0v) is 15.6. The van der Waals surface area contributed by atoms with Crippen LogP contribution < -0.4 is 4.72 Å². The lowest BCUT2D eigenvalue weighted by atomic mass is 10.0. The second-order valence-corrected chi connectivity index (χ2v) is 8.29. The monoisotopic (exact) mass is 358 g/mol. The fraction of sp³-hybridized carbons (Fsp3) is 0.400. The highest BCUT2D eigenvalue weighted by atomic mass is 32.2. The molecule has 0 saturated carbocycles. The van der Waals surface area contributed by atoms with Crippen LogP contribution in [0.5, 0.6) is 0 Å². The van der Waals surface area contributed by atoms with E-state index >= 15 is 0 Å². The van der Waals surface area contributed by atoms with Gasteiger partial charge < -0.3 is 4.90 Å². The van der Waals surface area contributed by atoms with Crippen molar-refractivity contribution in [1.29, 1.82) is 0 Å². The predicted octanol–water partition coefficient (Wildman–Crippen LogP) is 3.29. The van der Waals surface area contributed by atoms with E-state index in [0.29, 0.717) is 11.4 Å². The first-order chi connectivity index (χ1) is 12.1. The standard InChI is InChI=1S/C20H26N2O2S/c1-2-21-25(23,24)20-11-9-19(10-12-20)18-7-5-17(6-8-18)13-16-22-14-3-4-15-22/h5-12,21H,2-4,13-16H2,1H3. The summed E-state index contributed by atoms with van der Waals surface area (Å²) in [4.78, 5) is 2.83. The number of hydrogen-bond donors (Lipinski definition) is 1. The van der Waals surface area contributed by atoms with Gasteiger partial charge in [-0.15, -0.1) is 0 Å². The number of rotatable bonds is 7. The summed E-state index contributed by atoms with van der Waals surface area (Å²) < 4.78 is 26.5. The Morgan fingerprint density at radius 2 is 1.48 bits per heavy atom. The Morgan fingerprint density at radius 1 is 0.920 bits per heavy atom. The molecule has 25 heavy (non-hydrogen) atoms. The van der Waals surface area contributed by atoms with Gasteiger partial charge in [0.25, 0.3) is 0 Å². The lowest BCUT2D eigenvalue weighted by Crippen LogP contribution is -2.22. The summed E-state index contributed by atoms with van der Waals surface area (Å²) >= 11 is 0. The summed E-state index contributed by atoms with van der Waals surface area (Å²) in [5.41, 5.74) is 3.49. The first kappa shape index (κ1) is 18.1. The molecular weight excluding hydrogens is 332 g/mol. The van der Waals surface area contributed by atoms with E-state index in [2.05, 4.69) is 33.9 Å². The Hall–Kier alpha value is -1.69. The van der Waals surface area contributed by atoms with Crippen LogP contribution in [0.1, 0.15) is 25.3 Å². The second kappa shape index (κ2) is 8.13. The van der Waals surface area contributed by atoms with Crippen LogP contribution in [-0.2, 0) is 16.4 Å². The number of likely N-dealkylation sites (tertiary alicyclic amines) is 1. The summed E-state index contributed by atoms with van der Waals surface area (Å²) in [6.07, 6.45) is 3.75. The molecule has 2 aromatic rings. The maximum absolute atomic E-state index is 12.0. The molecule has 1 aliphatic rings. The summed E-state index contributed by atoms with van der Waals surface area (Å²) in [6, 6.07) is 15.6. The first-order valence-corrected chi connectivity index (χ1v) is 10.5. The number of nitrogens with one attached hydrogen (secondary N) is 1. The summed E-state index contributed by atoms with van der Waals surface area (Å²) in [7, 11) is -3.39. The molecular formula is C20H26N2O2S. The molecule has 0 radical (unpaired) electrons. The van der Waals surface area contributed by atoms with Crippen LogP contribution in [0.2, 0.25) is 0 Å². The van der Waals surface area contributed by atoms with E-state index < -0.39 is 10.0 Å². The quantitative estimate of drug-likeness (QED) is 0.826. The number of nitrogens with zero attached hydrogens (tertiary/aromatic N) is 1. The van der Waals surface area contributed by atoms with Crippen molar-refractivity contribution in [1.82, 2.24) is 9.62 Å². The maximum atomic E-state index is 12.0. The van der Waals surface area contributed by atoms with Gasteiger partial charge in [-0.2, -0.15) is 0 Å². The Balaban J connectivity index is 1.65. The van der Waals surface area contributed by atoms with Gasteiger partial charge in [-0.25, -0.2) is 13.1 Å². The molecule has 5 heteroatoms. The SMILES string of the molecule is CCNS(=O)(=O)c1ccc(-c2ccc(CCN3CCCC3)cc2)cc1. The zero-order valence-electron chi connectivity index (χ0n) is 14.7. The largest absolute Gasteiger partial charge is 0.303 e. The molecule has 1 fully saturated rings. The zero-order chi connectivity index (χ0) is 17.7. The van der Waals surface area contributed by atoms with Crippen LogP contribution in [0.4, 0.5) is 0 Å². The van der Waals surface area contributed by atoms with Gasteiger partial charge in [0.1, 0.15) is 0 Å². The van der Waals surface area contributed by atoms with Crippen LogP contribution >= 0.6 is 0 Å². The summed E-state index contributed by atoms with van der Waals surface area (Å²) in [6.45, 7) is 5.77. The van der Waals surface area contributed by atoms with Crippen molar-refractivity contribution in [2.45, 2.75) is 31.1 Å². The van der Waals surface area contributed by atoms with Crippen molar-refractivity contribution in [3.8, 4) is 11.1 Å². The van der Waals surface area contributed by atoms with E-state index in [1.165, 1.54) is 31.5 Å². The third-order valence-electron chi connectivity index (χ3n) is 4.70. The van der Waals surface area contributed by atoms with Crippen LogP contribution in [0, 0.1) is 0 Å². The molecule has 3 rings (SSSR count). The highest BCUT2D eigenvalue weighted by molar-refractivity contribution is 7.89. The van der Waals surface area contributed by atoms with Gasteiger partial charge in [-0.1, -0.05) is 43.3 Å². The van der Waals surface area contributed by atoms with E-state index in [1.54, 1.807) is 19.1 Å². The smallest absolute Gasteiger partial charge is 0.240 e. The predicted molar refractivity (Wildman–Crippen MR) is 102 cm³/mol. The maximum Gasteiger partial charge on any atom is 0.240 e. The first-order valence-electron chi connectivity index (χ1n) is 9.00. The number of benzene rings is 2. The van der Waals surface area contributed by atoms with Crippen molar-refractivity contribution < 1.29 is 8.42 Å². The van der Waals surface area contributed by atoms with Crippen molar-refractivity contribution in [2.24, 2.45) is 0 Å². The Morgan fingerprint density at radius 3 is 2.04 bits per heavy atom. The van der Waals surface area contributed by atoms with Crippen molar-refractivity contribution in [3.05, 3.63) is 54.1 Å². The van der Waals surface area contributed by atoms with Gasteiger partial charge in [-0.05, 0) is 61.2 Å². The minimum absolute atomic E-state index is 0.306. The van der Waals surface area contributed by atoms with Gasteiger partial charge in [0.15, 0.2) is 0 Å². The fourth-order valence-corrected chi connectivity index (χ4v) is 4.30. The average molecular weight is 359 g/mol. The van der Waals surface area contributed by atoms with Crippen LogP contribution in [-0.4, -0.2) is 39.5 Å². The van der Waals surface area contributed by atoms with E-state index in [-0.39, 0.29) is 0 Å². The third-order valence-corrected chi connectivity index (χ3v) is 6.26. The summed E-state index contributed by atoms with van der Waals surface area (Å²) in [5, 5.41) is 0. The Kier molecular flexibility index (Phi) is 5.89. The Bertz CT molecular complexity index is 777. The van der Waals surface area contributed by atoms with Gasteiger partial charge >= 0.3 is 0 Å². The minimum atomic E-state index is -3.39. The van der Waals surface area contributed by atoms with E-state index in [0.717, 1.165) is 24.1 Å². The van der Waals surface area contributed by atoms with Crippen molar-refractivity contribution in [3.63, 3.8) is 0 Å². The fourth-order valence-electron chi connectivity index (χ4n) is 3.26. The molecule has 0 bridgehead atoms. The van der Waals surface area contributed by atoms with Crippen molar-refractivity contribution >= 4 is 10.0 Å². The molecule has 0 unspecified atom stereocenters. The molecule has 1 saturated heterocycles. The van der Waals surface area contributed by atoms with Gasteiger partial charge in [0.2, 0.25) is 10.0 Å². The lowest BCUT2D eigenvalue weighted by Gasteiger charge is -2.14. The van der Waals surface area contributed by atoms with E-state index in [1.807, 2.05) is 12.1 Å². The number of sulfonamides is 1. The Labute approximate surface area is 150 Å². The molecule has 2 aromatic carbocycles. The average Bonchev–Trinajstić information content (AvgIpc) is 3.14. The summed E-state index contributed by atoms with van der Waals surface area (Å²) in [5.74, 6) is 0. The molecule has 1 N–H and O–H groups in total. The van der Waals surface area contributed by atoms with Crippen LogP contribution in [0.25, 0.3) is 11.1 Å². The van der Waals surface area contributed by atoms with E-state index in [9.17, 15) is 8.42 Å². The molecule has 0 spiro atoms. The molecule has 1 heterocycles. The topological polar surface area (TPSA) is 49.4 Å². The molecule has 1 aliphatic heterocycles. The minimum Gasteiger partial charge on any atom is -0.303 e. The van der Waals surface area contributed by atoms with Crippen LogP contribution in [0.3, 0.4) is 0 Å². The molecule has 0 aromatic heterocycles. The van der Waals surface area contributed by atoms with Crippen molar-refractivity contribution in [2.75, 3.05) is 26.2 Å². The molecule has 134 valence electrons. The normalized spacial score (nSPS) is 15.6. The number of hydrogen-bond acceptors (Lipinski definition) is 3. The highest BCUT2D eigenvalue weighted by Crippen LogP contribution is 2.22. The third kappa shape index (κ3) is 4.69. The molecule has 0 amide bonds. The van der Waals surface area contributed by atoms with Gasteiger partial charge in [0.05, 0.1) is 4.90 Å². The lowest BCUT2D eigenvalue weighted by molar-refractivity contribution is 0.343. The second-order valence-electron chi connectivity index (χ2n) is 6.52. The molecule has 0 aliphatic carbocycles. The van der Waals surface area contributed by atoms with Crippen LogP contribution in [0.15, 0.2) is 53.4 Å².